The molecule has 0 aliphatic heterocycles. The summed E-state index contributed by atoms with van der Waals surface area (Å²) in [4.78, 5) is 4.43. The fourth-order valence-corrected chi connectivity index (χ4v) is 2.70. The van der Waals surface area contributed by atoms with Gasteiger partial charge >= 0.3 is 0 Å². The number of nitrogens with zero attached hydrogens (tertiary/aromatic N) is 1. The summed E-state index contributed by atoms with van der Waals surface area (Å²) in [6.07, 6.45) is 0.790. The Morgan fingerprint density at radius 3 is 3.00 bits per heavy atom. The number of rotatable bonds is 3. The summed E-state index contributed by atoms with van der Waals surface area (Å²) in [7, 11) is 1.62. The van der Waals surface area contributed by atoms with Crippen molar-refractivity contribution in [2.75, 3.05) is 13.7 Å². The van der Waals surface area contributed by atoms with Gasteiger partial charge in [0.05, 0.1) is 21.8 Å². The van der Waals surface area contributed by atoms with Crippen LogP contribution in [0.25, 0.3) is 10.2 Å². The van der Waals surface area contributed by atoms with Crippen molar-refractivity contribution in [2.45, 2.75) is 6.42 Å². The summed E-state index contributed by atoms with van der Waals surface area (Å²) in [6, 6.07) is 3.72. The first-order chi connectivity index (χ1) is 7.24. The molecule has 0 saturated carbocycles. The number of benzene rings is 1. The normalized spacial score (nSPS) is 10.9. The number of nitrogens with two attached hydrogens (primary N) is 1. The van der Waals surface area contributed by atoms with Gasteiger partial charge in [0.25, 0.3) is 0 Å². The number of hydrogen-bond donors (Lipinski definition) is 1. The lowest BCUT2D eigenvalue weighted by Gasteiger charge is -1.99. The van der Waals surface area contributed by atoms with Crippen LogP contribution in [0.15, 0.2) is 12.1 Å². The number of aromatic nitrogens is 1. The van der Waals surface area contributed by atoms with E-state index in [2.05, 4.69) is 4.98 Å². The van der Waals surface area contributed by atoms with E-state index in [1.807, 2.05) is 6.07 Å². The molecule has 0 unspecified atom stereocenters. The summed E-state index contributed by atoms with van der Waals surface area (Å²) in [6.45, 7) is 0.606. The van der Waals surface area contributed by atoms with Crippen LogP contribution in [0.2, 0.25) is 5.02 Å². The lowest BCUT2D eigenvalue weighted by Crippen LogP contribution is -2.01. The summed E-state index contributed by atoms with van der Waals surface area (Å²) in [5.74, 6) is 0.760. The Morgan fingerprint density at radius 2 is 2.33 bits per heavy atom. The second-order valence-corrected chi connectivity index (χ2v) is 4.62. The highest BCUT2D eigenvalue weighted by molar-refractivity contribution is 7.18. The molecular weight excluding hydrogens is 232 g/mol. The van der Waals surface area contributed by atoms with E-state index >= 15 is 0 Å². The van der Waals surface area contributed by atoms with Gasteiger partial charge in [0.15, 0.2) is 0 Å². The number of halogens is 1. The van der Waals surface area contributed by atoms with E-state index in [9.17, 15) is 0 Å². The fraction of sp³-hybridized carbons (Fsp3) is 0.300. The van der Waals surface area contributed by atoms with Crippen LogP contribution in [0.4, 0.5) is 0 Å². The van der Waals surface area contributed by atoms with Crippen molar-refractivity contribution in [3.63, 3.8) is 0 Å². The SMILES string of the molecule is COc1cc(Cl)c2nc(CCN)sc2c1. The smallest absolute Gasteiger partial charge is 0.121 e. The van der Waals surface area contributed by atoms with Crippen molar-refractivity contribution in [1.29, 1.82) is 0 Å². The highest BCUT2D eigenvalue weighted by Gasteiger charge is 2.08. The number of methoxy groups -OCH3 is 1. The van der Waals surface area contributed by atoms with Gasteiger partial charge < -0.3 is 10.5 Å². The zero-order chi connectivity index (χ0) is 10.8. The van der Waals surface area contributed by atoms with Crippen LogP contribution in [-0.4, -0.2) is 18.6 Å². The number of thiazole rings is 1. The Kier molecular flexibility index (Phi) is 3.09. The Balaban J connectivity index is 2.54. The zero-order valence-electron chi connectivity index (χ0n) is 8.29. The van der Waals surface area contributed by atoms with E-state index in [1.165, 1.54) is 0 Å². The van der Waals surface area contributed by atoms with Crippen LogP contribution in [-0.2, 0) is 6.42 Å². The Labute approximate surface area is 96.8 Å². The molecule has 1 aromatic carbocycles. The van der Waals surface area contributed by atoms with E-state index in [0.29, 0.717) is 11.6 Å². The van der Waals surface area contributed by atoms with Crippen LogP contribution in [0.5, 0.6) is 5.75 Å². The van der Waals surface area contributed by atoms with Crippen LogP contribution in [0.1, 0.15) is 5.01 Å². The third kappa shape index (κ3) is 2.07. The molecule has 2 aromatic rings. The van der Waals surface area contributed by atoms with Gasteiger partial charge in [0, 0.05) is 12.5 Å². The van der Waals surface area contributed by atoms with E-state index in [-0.39, 0.29) is 0 Å². The van der Waals surface area contributed by atoms with Crippen molar-refractivity contribution in [3.05, 3.63) is 22.2 Å². The minimum Gasteiger partial charge on any atom is -0.497 e. The fourth-order valence-electron chi connectivity index (χ4n) is 1.36. The second-order valence-electron chi connectivity index (χ2n) is 3.10. The molecule has 0 fully saturated rings. The molecule has 0 aliphatic rings. The maximum absolute atomic E-state index is 6.09. The van der Waals surface area contributed by atoms with Crippen LogP contribution < -0.4 is 10.5 Å². The molecule has 3 nitrogen and oxygen atoms in total. The molecule has 0 bridgehead atoms. The van der Waals surface area contributed by atoms with Crippen molar-refractivity contribution in [2.24, 2.45) is 5.73 Å². The minimum absolute atomic E-state index is 0.606. The molecule has 2 rings (SSSR count). The van der Waals surface area contributed by atoms with E-state index in [0.717, 1.165) is 27.4 Å². The number of ether oxygens (including phenoxy) is 1. The molecule has 0 spiro atoms. The molecule has 5 heteroatoms. The third-order valence-corrected chi connectivity index (χ3v) is 3.41. The maximum Gasteiger partial charge on any atom is 0.121 e. The van der Waals surface area contributed by atoms with Gasteiger partial charge in [-0.1, -0.05) is 11.6 Å². The highest BCUT2D eigenvalue weighted by atomic mass is 35.5. The van der Waals surface area contributed by atoms with Crippen molar-refractivity contribution in [1.82, 2.24) is 4.98 Å². The third-order valence-electron chi connectivity index (χ3n) is 2.06. The first-order valence-corrected chi connectivity index (χ1v) is 5.77. The number of fused-ring (bicyclic) bond motifs is 1. The molecule has 0 atom stereocenters. The lowest BCUT2D eigenvalue weighted by molar-refractivity contribution is 0.415. The maximum atomic E-state index is 6.09. The molecule has 0 saturated heterocycles. The van der Waals surface area contributed by atoms with Gasteiger partial charge in [0.1, 0.15) is 11.3 Å². The van der Waals surface area contributed by atoms with E-state index in [1.54, 1.807) is 24.5 Å². The summed E-state index contributed by atoms with van der Waals surface area (Å²) in [5.41, 5.74) is 6.32. The minimum atomic E-state index is 0.606. The summed E-state index contributed by atoms with van der Waals surface area (Å²) < 4.78 is 6.19. The number of hydrogen-bond acceptors (Lipinski definition) is 4. The highest BCUT2D eigenvalue weighted by Crippen LogP contribution is 2.32. The van der Waals surface area contributed by atoms with Crippen molar-refractivity contribution < 1.29 is 4.74 Å². The van der Waals surface area contributed by atoms with E-state index < -0.39 is 0 Å². The quantitative estimate of drug-likeness (QED) is 0.900. The topological polar surface area (TPSA) is 48.1 Å². The largest absolute Gasteiger partial charge is 0.497 e. The van der Waals surface area contributed by atoms with Crippen molar-refractivity contribution in [3.8, 4) is 5.75 Å². The molecule has 0 aliphatic carbocycles. The van der Waals surface area contributed by atoms with Crippen LogP contribution in [0, 0.1) is 0 Å². The monoisotopic (exact) mass is 242 g/mol. The molecule has 0 amide bonds. The molecule has 0 radical (unpaired) electrons. The molecule has 1 heterocycles. The molecule has 80 valence electrons. The van der Waals surface area contributed by atoms with Crippen LogP contribution in [0.3, 0.4) is 0 Å². The van der Waals surface area contributed by atoms with Gasteiger partial charge in [-0.2, -0.15) is 0 Å². The average molecular weight is 243 g/mol. The van der Waals surface area contributed by atoms with Gasteiger partial charge in [0.2, 0.25) is 0 Å². The van der Waals surface area contributed by atoms with Gasteiger partial charge in [-0.3, -0.25) is 0 Å². The first-order valence-electron chi connectivity index (χ1n) is 4.57. The molecular formula is C10H11ClN2OS. The Bertz CT molecular complexity index is 483. The van der Waals surface area contributed by atoms with Crippen molar-refractivity contribution >= 4 is 33.2 Å². The summed E-state index contributed by atoms with van der Waals surface area (Å²) in [5, 5.41) is 1.64. The summed E-state index contributed by atoms with van der Waals surface area (Å²) >= 11 is 7.70. The second kappa shape index (κ2) is 4.35. The Morgan fingerprint density at radius 1 is 1.53 bits per heavy atom. The van der Waals surface area contributed by atoms with Crippen LogP contribution >= 0.6 is 22.9 Å². The first kappa shape index (κ1) is 10.7. The van der Waals surface area contributed by atoms with Gasteiger partial charge in [-0.25, -0.2) is 4.98 Å². The molecule has 15 heavy (non-hydrogen) atoms. The molecule has 1 aromatic heterocycles. The zero-order valence-corrected chi connectivity index (χ0v) is 9.86. The Hall–Kier alpha value is -0.840. The predicted molar refractivity (Wildman–Crippen MR) is 63.9 cm³/mol. The lowest BCUT2D eigenvalue weighted by atomic mass is 10.3. The molecule has 2 N–H and O–H groups in total. The average Bonchev–Trinajstić information content (AvgIpc) is 2.61. The van der Waals surface area contributed by atoms with Gasteiger partial charge in [-0.05, 0) is 12.6 Å². The van der Waals surface area contributed by atoms with E-state index in [4.69, 9.17) is 22.1 Å². The standard InChI is InChI=1S/C10H11ClN2OS/c1-14-6-4-7(11)10-8(5-6)15-9(13-10)2-3-12/h4-5H,2-3,12H2,1H3. The predicted octanol–water partition coefficient (Wildman–Crippen LogP) is 2.46. The van der Waals surface area contributed by atoms with Gasteiger partial charge in [-0.15, -0.1) is 11.3 Å².